The fourth-order valence-electron chi connectivity index (χ4n) is 2.74. The Morgan fingerprint density at radius 1 is 1.44 bits per heavy atom. The van der Waals surface area contributed by atoms with Crippen molar-refractivity contribution in [1.29, 1.82) is 0 Å². The standard InChI is InChI=1S/C14H28N2O2/c1-5-15-12(13(17)18)10-16(4)11-6-8-14(2,3)9-7-11/h11-12,15H,5-10H2,1-4H3,(H,17,18). The Balaban J connectivity index is 2.44. The number of hydrogen-bond donors (Lipinski definition) is 2. The van der Waals surface area contributed by atoms with E-state index in [1.165, 1.54) is 25.7 Å². The summed E-state index contributed by atoms with van der Waals surface area (Å²) in [5, 5.41) is 12.2. The van der Waals surface area contributed by atoms with Gasteiger partial charge in [-0.1, -0.05) is 20.8 Å². The quantitative estimate of drug-likeness (QED) is 0.762. The lowest BCUT2D eigenvalue weighted by molar-refractivity contribution is -0.140. The summed E-state index contributed by atoms with van der Waals surface area (Å²) in [5.74, 6) is -0.750. The lowest BCUT2D eigenvalue weighted by Crippen LogP contribution is -2.48. The van der Waals surface area contributed by atoms with Gasteiger partial charge in [0.25, 0.3) is 0 Å². The third-order valence-electron chi connectivity index (χ3n) is 4.15. The van der Waals surface area contributed by atoms with Gasteiger partial charge in [-0.2, -0.15) is 0 Å². The zero-order valence-electron chi connectivity index (χ0n) is 12.2. The number of carboxylic acids is 1. The van der Waals surface area contributed by atoms with E-state index in [1.807, 2.05) is 6.92 Å². The highest BCUT2D eigenvalue weighted by molar-refractivity contribution is 5.73. The van der Waals surface area contributed by atoms with Crippen molar-refractivity contribution >= 4 is 5.97 Å². The normalized spacial score (nSPS) is 22.1. The van der Waals surface area contributed by atoms with E-state index in [1.54, 1.807) is 0 Å². The average molecular weight is 256 g/mol. The first-order valence-corrected chi connectivity index (χ1v) is 7.02. The second kappa shape index (κ2) is 6.53. The Bertz CT molecular complexity index is 269. The summed E-state index contributed by atoms with van der Waals surface area (Å²) in [6, 6.07) is 0.0912. The molecule has 0 aliphatic heterocycles. The summed E-state index contributed by atoms with van der Waals surface area (Å²) >= 11 is 0. The predicted octanol–water partition coefficient (Wildman–Crippen LogP) is 1.95. The molecule has 0 amide bonds. The van der Waals surface area contributed by atoms with Crippen LogP contribution >= 0.6 is 0 Å². The Hall–Kier alpha value is -0.610. The van der Waals surface area contributed by atoms with Gasteiger partial charge < -0.3 is 15.3 Å². The topological polar surface area (TPSA) is 52.6 Å². The van der Waals surface area contributed by atoms with E-state index >= 15 is 0 Å². The molecule has 0 aromatic heterocycles. The number of rotatable bonds is 6. The van der Waals surface area contributed by atoms with Crippen molar-refractivity contribution in [2.24, 2.45) is 5.41 Å². The Morgan fingerprint density at radius 3 is 2.44 bits per heavy atom. The number of aliphatic carboxylic acids is 1. The number of carboxylic acid groups (broad SMARTS) is 1. The van der Waals surface area contributed by atoms with Crippen LogP contribution in [0.2, 0.25) is 0 Å². The van der Waals surface area contributed by atoms with E-state index in [0.29, 0.717) is 24.5 Å². The summed E-state index contributed by atoms with van der Waals surface area (Å²) in [5.41, 5.74) is 0.463. The molecule has 1 rings (SSSR count). The van der Waals surface area contributed by atoms with Crippen molar-refractivity contribution in [3.63, 3.8) is 0 Å². The van der Waals surface area contributed by atoms with E-state index in [2.05, 4.69) is 31.1 Å². The maximum absolute atomic E-state index is 11.1. The average Bonchev–Trinajstić information content (AvgIpc) is 2.28. The molecule has 0 aromatic carbocycles. The largest absolute Gasteiger partial charge is 0.480 e. The molecule has 0 bridgehead atoms. The minimum Gasteiger partial charge on any atom is -0.480 e. The molecular weight excluding hydrogens is 228 g/mol. The summed E-state index contributed by atoms with van der Waals surface area (Å²) in [4.78, 5) is 13.3. The molecule has 2 N–H and O–H groups in total. The first kappa shape index (κ1) is 15.4. The molecule has 0 saturated heterocycles. The second-order valence-corrected chi connectivity index (χ2v) is 6.28. The SMILES string of the molecule is CCNC(CN(C)C1CCC(C)(C)CC1)C(=O)O. The highest BCUT2D eigenvalue weighted by Gasteiger charge is 2.30. The van der Waals surface area contributed by atoms with Crippen LogP contribution in [0.25, 0.3) is 0 Å². The molecule has 0 heterocycles. The highest BCUT2D eigenvalue weighted by Crippen LogP contribution is 2.36. The Morgan fingerprint density at radius 2 is 2.00 bits per heavy atom. The minimum atomic E-state index is -0.750. The monoisotopic (exact) mass is 256 g/mol. The van der Waals surface area contributed by atoms with Crippen molar-refractivity contribution in [3.8, 4) is 0 Å². The van der Waals surface area contributed by atoms with Crippen LogP contribution in [0.5, 0.6) is 0 Å². The van der Waals surface area contributed by atoms with Crippen molar-refractivity contribution < 1.29 is 9.90 Å². The van der Waals surface area contributed by atoms with Gasteiger partial charge in [0.2, 0.25) is 0 Å². The van der Waals surface area contributed by atoms with Crippen LogP contribution in [0.15, 0.2) is 0 Å². The number of hydrogen-bond acceptors (Lipinski definition) is 3. The third kappa shape index (κ3) is 4.58. The predicted molar refractivity (Wildman–Crippen MR) is 73.8 cm³/mol. The van der Waals surface area contributed by atoms with Crippen LogP contribution in [0.1, 0.15) is 46.5 Å². The van der Waals surface area contributed by atoms with Crippen LogP contribution in [-0.2, 0) is 4.79 Å². The zero-order chi connectivity index (χ0) is 13.8. The van der Waals surface area contributed by atoms with E-state index in [-0.39, 0.29) is 0 Å². The van der Waals surface area contributed by atoms with Gasteiger partial charge in [0.1, 0.15) is 6.04 Å². The number of carbonyl (C=O) groups is 1. The molecule has 1 atom stereocenters. The van der Waals surface area contributed by atoms with E-state index in [4.69, 9.17) is 5.11 Å². The molecule has 1 aliphatic rings. The van der Waals surface area contributed by atoms with Crippen molar-refractivity contribution in [3.05, 3.63) is 0 Å². The summed E-state index contributed by atoms with van der Waals surface area (Å²) in [6.45, 7) is 7.87. The van der Waals surface area contributed by atoms with Crippen molar-refractivity contribution in [1.82, 2.24) is 10.2 Å². The van der Waals surface area contributed by atoms with Gasteiger partial charge in [-0.05, 0) is 44.7 Å². The molecule has 1 unspecified atom stereocenters. The van der Waals surface area contributed by atoms with E-state index < -0.39 is 12.0 Å². The minimum absolute atomic E-state index is 0.449. The molecule has 4 nitrogen and oxygen atoms in total. The molecule has 0 radical (unpaired) electrons. The smallest absolute Gasteiger partial charge is 0.322 e. The maximum atomic E-state index is 11.1. The molecule has 106 valence electrons. The van der Waals surface area contributed by atoms with Gasteiger partial charge in [-0.25, -0.2) is 0 Å². The molecule has 1 aliphatic carbocycles. The van der Waals surface area contributed by atoms with Crippen LogP contribution in [0.3, 0.4) is 0 Å². The van der Waals surface area contributed by atoms with Crippen LogP contribution in [0.4, 0.5) is 0 Å². The van der Waals surface area contributed by atoms with Crippen molar-refractivity contribution in [2.75, 3.05) is 20.1 Å². The zero-order valence-corrected chi connectivity index (χ0v) is 12.2. The lowest BCUT2D eigenvalue weighted by Gasteiger charge is -2.39. The number of nitrogens with one attached hydrogen (secondary N) is 1. The molecule has 1 fully saturated rings. The Kier molecular flexibility index (Phi) is 5.60. The van der Waals surface area contributed by atoms with Gasteiger partial charge in [0.05, 0.1) is 0 Å². The summed E-state index contributed by atoms with van der Waals surface area (Å²) < 4.78 is 0. The third-order valence-corrected chi connectivity index (χ3v) is 4.15. The fraction of sp³-hybridized carbons (Fsp3) is 0.929. The van der Waals surface area contributed by atoms with Crippen LogP contribution in [0, 0.1) is 5.41 Å². The van der Waals surface area contributed by atoms with Crippen LogP contribution < -0.4 is 5.32 Å². The molecule has 1 saturated carbocycles. The van der Waals surface area contributed by atoms with Gasteiger partial charge >= 0.3 is 5.97 Å². The number of likely N-dealkylation sites (N-methyl/N-ethyl adjacent to an activating group) is 2. The van der Waals surface area contributed by atoms with Crippen LogP contribution in [-0.4, -0.2) is 48.2 Å². The number of nitrogens with zero attached hydrogens (tertiary/aromatic N) is 1. The molecule has 0 spiro atoms. The van der Waals surface area contributed by atoms with Gasteiger partial charge in [0, 0.05) is 12.6 Å². The fourth-order valence-corrected chi connectivity index (χ4v) is 2.74. The van der Waals surface area contributed by atoms with E-state index in [9.17, 15) is 4.79 Å². The molecule has 0 aromatic rings. The molecule has 18 heavy (non-hydrogen) atoms. The second-order valence-electron chi connectivity index (χ2n) is 6.28. The first-order valence-electron chi connectivity index (χ1n) is 7.02. The lowest BCUT2D eigenvalue weighted by atomic mass is 9.75. The van der Waals surface area contributed by atoms with E-state index in [0.717, 1.165) is 0 Å². The molecular formula is C14H28N2O2. The van der Waals surface area contributed by atoms with Gasteiger partial charge in [-0.3, -0.25) is 4.79 Å². The Labute approximate surface area is 111 Å². The van der Waals surface area contributed by atoms with Gasteiger partial charge in [-0.15, -0.1) is 0 Å². The molecule has 4 heteroatoms. The highest BCUT2D eigenvalue weighted by atomic mass is 16.4. The summed E-state index contributed by atoms with van der Waals surface area (Å²) in [6.07, 6.45) is 4.84. The van der Waals surface area contributed by atoms with Gasteiger partial charge in [0.15, 0.2) is 0 Å². The first-order chi connectivity index (χ1) is 8.35. The summed E-state index contributed by atoms with van der Waals surface area (Å²) in [7, 11) is 2.05. The van der Waals surface area contributed by atoms with Crippen molar-refractivity contribution in [2.45, 2.75) is 58.5 Å². The maximum Gasteiger partial charge on any atom is 0.322 e.